The average molecular weight is 351 g/mol. The molecule has 1 aromatic heterocycles. The topological polar surface area (TPSA) is 64.4 Å². The van der Waals surface area contributed by atoms with Gasteiger partial charge in [-0.2, -0.15) is 5.10 Å². The van der Waals surface area contributed by atoms with Crippen LogP contribution in [0.4, 0.5) is 0 Å². The number of amides is 1. The van der Waals surface area contributed by atoms with Crippen molar-refractivity contribution in [3.05, 3.63) is 70.1 Å². The summed E-state index contributed by atoms with van der Waals surface area (Å²) in [5.41, 5.74) is 1.16. The van der Waals surface area contributed by atoms with Gasteiger partial charge in [-0.25, -0.2) is 4.68 Å². The lowest BCUT2D eigenvalue weighted by Gasteiger charge is -2.18. The minimum absolute atomic E-state index is 0.220. The predicted molar refractivity (Wildman–Crippen MR) is 101 cm³/mol. The van der Waals surface area contributed by atoms with Crippen molar-refractivity contribution in [2.24, 2.45) is 7.05 Å². The molecule has 6 nitrogen and oxygen atoms in total. The number of carbonyl (C=O) groups excluding carboxylic acids is 1. The summed E-state index contributed by atoms with van der Waals surface area (Å²) >= 11 is 0. The molecule has 0 aliphatic heterocycles. The molecule has 26 heavy (non-hydrogen) atoms. The maximum Gasteiger partial charge on any atom is 0.274 e. The third-order valence-electron chi connectivity index (χ3n) is 4.19. The quantitative estimate of drug-likeness (QED) is 0.708. The largest absolute Gasteiger partial charge is 0.492 e. The fourth-order valence-electron chi connectivity index (χ4n) is 2.75. The Labute approximate surface area is 151 Å². The lowest BCUT2D eigenvalue weighted by molar-refractivity contribution is 0.0767. The Kier molecular flexibility index (Phi) is 5.02. The van der Waals surface area contributed by atoms with E-state index in [0.29, 0.717) is 23.9 Å². The molecule has 0 unspecified atom stereocenters. The Hall–Kier alpha value is -3.15. The van der Waals surface area contributed by atoms with Crippen LogP contribution in [-0.4, -0.2) is 40.8 Å². The number of benzene rings is 2. The minimum Gasteiger partial charge on any atom is -0.492 e. The van der Waals surface area contributed by atoms with E-state index < -0.39 is 0 Å². The molecular weight excluding hydrogens is 330 g/mol. The highest BCUT2D eigenvalue weighted by atomic mass is 16.5. The molecule has 3 aromatic rings. The molecule has 0 saturated heterocycles. The maximum absolute atomic E-state index is 12.8. The molecule has 0 fully saturated rings. The van der Waals surface area contributed by atoms with Crippen LogP contribution in [0.25, 0.3) is 10.8 Å². The molecule has 3 rings (SSSR count). The van der Waals surface area contributed by atoms with Gasteiger partial charge in [0.15, 0.2) is 5.69 Å². The molecule has 0 N–H and O–H groups in total. The second-order valence-electron chi connectivity index (χ2n) is 6.21. The smallest absolute Gasteiger partial charge is 0.274 e. The van der Waals surface area contributed by atoms with E-state index in [-0.39, 0.29) is 17.2 Å². The number of hydrogen-bond donors (Lipinski definition) is 0. The molecule has 0 aliphatic rings. The van der Waals surface area contributed by atoms with E-state index in [1.54, 1.807) is 43.3 Å². The van der Waals surface area contributed by atoms with Crippen molar-refractivity contribution in [2.45, 2.75) is 6.92 Å². The summed E-state index contributed by atoms with van der Waals surface area (Å²) in [6.07, 6.45) is 0. The van der Waals surface area contributed by atoms with Gasteiger partial charge in [0, 0.05) is 19.5 Å². The van der Waals surface area contributed by atoms with Crippen LogP contribution in [0.3, 0.4) is 0 Å². The van der Waals surface area contributed by atoms with E-state index in [2.05, 4.69) is 5.10 Å². The van der Waals surface area contributed by atoms with Gasteiger partial charge >= 0.3 is 0 Å². The van der Waals surface area contributed by atoms with Crippen LogP contribution in [0.15, 0.2) is 53.3 Å². The van der Waals surface area contributed by atoms with Crippen LogP contribution in [0.2, 0.25) is 0 Å². The number of ether oxygens (including phenoxy) is 1. The Balaban J connectivity index is 1.76. The Morgan fingerprint density at radius 3 is 2.62 bits per heavy atom. The van der Waals surface area contributed by atoms with Crippen molar-refractivity contribution in [1.82, 2.24) is 14.7 Å². The standard InChI is InChI=1S/C20H21N3O3/c1-14-7-6-8-15(13-14)26-12-11-22(2)20(25)18-16-9-4-5-10-17(16)19(24)23(3)21-18/h4-10,13H,11-12H2,1-3H3. The van der Waals surface area contributed by atoms with Gasteiger partial charge in [0.05, 0.1) is 11.9 Å². The molecule has 0 saturated carbocycles. The highest BCUT2D eigenvalue weighted by molar-refractivity contribution is 6.04. The average Bonchev–Trinajstić information content (AvgIpc) is 2.64. The van der Waals surface area contributed by atoms with Crippen molar-refractivity contribution in [3.8, 4) is 5.75 Å². The summed E-state index contributed by atoms with van der Waals surface area (Å²) < 4.78 is 6.91. The van der Waals surface area contributed by atoms with E-state index in [4.69, 9.17) is 4.74 Å². The number of rotatable bonds is 5. The van der Waals surface area contributed by atoms with Crippen LogP contribution in [0, 0.1) is 6.92 Å². The summed E-state index contributed by atoms with van der Waals surface area (Å²) in [5.74, 6) is 0.529. The summed E-state index contributed by atoms with van der Waals surface area (Å²) in [6.45, 7) is 2.78. The summed E-state index contributed by atoms with van der Waals surface area (Å²) in [7, 11) is 3.25. The van der Waals surface area contributed by atoms with Gasteiger partial charge in [-0.3, -0.25) is 9.59 Å². The highest BCUT2D eigenvalue weighted by Gasteiger charge is 2.19. The second-order valence-corrected chi connectivity index (χ2v) is 6.21. The van der Waals surface area contributed by atoms with Crippen LogP contribution < -0.4 is 10.3 Å². The lowest BCUT2D eigenvalue weighted by atomic mass is 10.1. The van der Waals surface area contributed by atoms with Crippen molar-refractivity contribution in [2.75, 3.05) is 20.2 Å². The number of nitrogens with zero attached hydrogens (tertiary/aromatic N) is 3. The lowest BCUT2D eigenvalue weighted by Crippen LogP contribution is -2.33. The molecule has 1 heterocycles. The van der Waals surface area contributed by atoms with Gasteiger partial charge in [0.1, 0.15) is 12.4 Å². The van der Waals surface area contributed by atoms with Crippen LogP contribution in [0.5, 0.6) is 5.75 Å². The zero-order valence-corrected chi connectivity index (χ0v) is 15.1. The Morgan fingerprint density at radius 1 is 1.15 bits per heavy atom. The summed E-state index contributed by atoms with van der Waals surface area (Å²) in [4.78, 5) is 26.5. The summed E-state index contributed by atoms with van der Waals surface area (Å²) in [6, 6.07) is 14.8. The monoisotopic (exact) mass is 351 g/mol. The first-order chi connectivity index (χ1) is 12.5. The Morgan fingerprint density at radius 2 is 1.88 bits per heavy atom. The van der Waals surface area contributed by atoms with E-state index in [0.717, 1.165) is 11.3 Å². The molecule has 1 amide bonds. The zero-order chi connectivity index (χ0) is 18.7. The Bertz CT molecular complexity index is 1010. The van der Waals surface area contributed by atoms with Gasteiger partial charge in [0.25, 0.3) is 11.5 Å². The number of fused-ring (bicyclic) bond motifs is 1. The molecule has 2 aromatic carbocycles. The number of likely N-dealkylation sites (N-methyl/N-ethyl adjacent to an activating group) is 1. The molecule has 0 spiro atoms. The number of hydrogen-bond acceptors (Lipinski definition) is 4. The second kappa shape index (κ2) is 7.39. The predicted octanol–water partition coefficient (Wildman–Crippen LogP) is 2.39. The van der Waals surface area contributed by atoms with Crippen LogP contribution in [-0.2, 0) is 7.05 Å². The number of aromatic nitrogens is 2. The van der Waals surface area contributed by atoms with E-state index in [1.807, 2.05) is 31.2 Å². The molecule has 134 valence electrons. The van der Waals surface area contributed by atoms with Crippen LogP contribution in [0.1, 0.15) is 16.1 Å². The van der Waals surface area contributed by atoms with E-state index in [1.165, 1.54) is 4.68 Å². The number of carbonyl (C=O) groups is 1. The highest BCUT2D eigenvalue weighted by Crippen LogP contribution is 2.15. The van der Waals surface area contributed by atoms with E-state index >= 15 is 0 Å². The normalized spacial score (nSPS) is 10.7. The van der Waals surface area contributed by atoms with Crippen LogP contribution >= 0.6 is 0 Å². The van der Waals surface area contributed by atoms with Crippen molar-refractivity contribution >= 4 is 16.7 Å². The third-order valence-corrected chi connectivity index (χ3v) is 4.19. The van der Waals surface area contributed by atoms with Gasteiger partial charge in [-0.15, -0.1) is 0 Å². The fourth-order valence-corrected chi connectivity index (χ4v) is 2.75. The molecule has 0 aliphatic carbocycles. The van der Waals surface area contributed by atoms with Gasteiger partial charge < -0.3 is 9.64 Å². The molecular formula is C20H21N3O3. The summed E-state index contributed by atoms with van der Waals surface area (Å²) in [5, 5.41) is 5.22. The van der Waals surface area contributed by atoms with Gasteiger partial charge in [0.2, 0.25) is 0 Å². The van der Waals surface area contributed by atoms with Crippen molar-refractivity contribution in [1.29, 1.82) is 0 Å². The van der Waals surface area contributed by atoms with E-state index in [9.17, 15) is 9.59 Å². The third kappa shape index (κ3) is 3.59. The maximum atomic E-state index is 12.8. The first kappa shape index (κ1) is 17.7. The SMILES string of the molecule is Cc1cccc(OCCN(C)C(=O)c2nn(C)c(=O)c3ccccc23)c1. The number of aryl methyl sites for hydroxylation is 2. The molecule has 0 bridgehead atoms. The molecule has 0 radical (unpaired) electrons. The van der Waals surface area contributed by atoms with Crippen molar-refractivity contribution < 1.29 is 9.53 Å². The molecule has 6 heteroatoms. The van der Waals surface area contributed by atoms with Gasteiger partial charge in [-0.1, -0.05) is 30.3 Å². The first-order valence-corrected chi connectivity index (χ1v) is 8.38. The van der Waals surface area contributed by atoms with Gasteiger partial charge in [-0.05, 0) is 30.7 Å². The molecule has 0 atom stereocenters. The zero-order valence-electron chi connectivity index (χ0n) is 15.1. The fraction of sp³-hybridized carbons (Fsp3) is 0.250. The first-order valence-electron chi connectivity index (χ1n) is 8.38. The minimum atomic E-state index is -0.246. The van der Waals surface area contributed by atoms with Crippen molar-refractivity contribution in [3.63, 3.8) is 0 Å².